The number of nitrogens with one attached hydrogen (secondary N) is 1. The maximum absolute atomic E-state index is 13.1. The van der Waals surface area contributed by atoms with Crippen LogP contribution in [-0.2, 0) is 4.79 Å². The Morgan fingerprint density at radius 2 is 1.71 bits per heavy atom. The van der Waals surface area contributed by atoms with Crippen LogP contribution in [0.25, 0.3) is 0 Å². The van der Waals surface area contributed by atoms with Crippen LogP contribution in [0.2, 0.25) is 0 Å². The standard InChI is InChI=1S/C15H17F2NO3/c1-9-2-4-15(5-3-9,14(20)21)18-13(19)10-6-11(16)8-12(17)7-10/h6-9H,2-5H2,1H3,(H,18,19)(H,20,21). The fourth-order valence-electron chi connectivity index (χ4n) is 2.62. The van der Waals surface area contributed by atoms with Gasteiger partial charge in [-0.2, -0.15) is 0 Å². The fraction of sp³-hybridized carbons (Fsp3) is 0.467. The molecule has 4 nitrogen and oxygen atoms in total. The Kier molecular flexibility index (Phi) is 4.25. The van der Waals surface area contributed by atoms with Crippen LogP contribution in [0.1, 0.15) is 43.0 Å². The number of carbonyl (C=O) groups is 2. The number of hydrogen-bond donors (Lipinski definition) is 2. The molecule has 21 heavy (non-hydrogen) atoms. The zero-order valence-corrected chi connectivity index (χ0v) is 11.7. The lowest BCUT2D eigenvalue weighted by atomic mass is 9.77. The Labute approximate surface area is 121 Å². The van der Waals surface area contributed by atoms with Gasteiger partial charge in [0.1, 0.15) is 17.2 Å². The van der Waals surface area contributed by atoms with Crippen LogP contribution >= 0.6 is 0 Å². The molecule has 1 saturated carbocycles. The van der Waals surface area contributed by atoms with Gasteiger partial charge in [0.2, 0.25) is 0 Å². The SMILES string of the molecule is CC1CCC(NC(=O)c2cc(F)cc(F)c2)(C(=O)O)CC1. The molecule has 0 saturated heterocycles. The number of hydrogen-bond acceptors (Lipinski definition) is 2. The summed E-state index contributed by atoms with van der Waals surface area (Å²) in [6.45, 7) is 2.02. The Bertz CT molecular complexity index is 546. The van der Waals surface area contributed by atoms with Gasteiger partial charge in [-0.1, -0.05) is 6.92 Å². The molecule has 0 heterocycles. The second-order valence-electron chi connectivity index (χ2n) is 5.68. The molecule has 1 aromatic carbocycles. The number of amides is 1. The van der Waals surface area contributed by atoms with Gasteiger partial charge in [0, 0.05) is 11.6 Å². The molecule has 0 spiro atoms. The van der Waals surface area contributed by atoms with Crippen molar-refractivity contribution in [2.24, 2.45) is 5.92 Å². The third-order valence-electron chi connectivity index (χ3n) is 4.01. The first-order chi connectivity index (χ1) is 9.82. The number of carboxylic acid groups (broad SMARTS) is 1. The third-order valence-corrected chi connectivity index (χ3v) is 4.01. The van der Waals surface area contributed by atoms with Crippen molar-refractivity contribution in [3.05, 3.63) is 35.4 Å². The third kappa shape index (κ3) is 3.37. The highest BCUT2D eigenvalue weighted by molar-refractivity contribution is 5.97. The van der Waals surface area contributed by atoms with Crippen molar-refractivity contribution in [1.29, 1.82) is 0 Å². The molecular weight excluding hydrogens is 280 g/mol. The largest absolute Gasteiger partial charge is 0.480 e. The second kappa shape index (κ2) is 5.79. The minimum atomic E-state index is -1.35. The molecular formula is C15H17F2NO3. The van der Waals surface area contributed by atoms with Gasteiger partial charge in [0.15, 0.2) is 0 Å². The molecule has 2 N–H and O–H groups in total. The molecule has 0 aromatic heterocycles. The van der Waals surface area contributed by atoms with E-state index in [4.69, 9.17) is 0 Å². The second-order valence-corrected chi connectivity index (χ2v) is 5.68. The molecule has 1 aliphatic rings. The summed E-state index contributed by atoms with van der Waals surface area (Å²) >= 11 is 0. The van der Waals surface area contributed by atoms with Gasteiger partial charge in [-0.3, -0.25) is 4.79 Å². The van der Waals surface area contributed by atoms with Gasteiger partial charge in [-0.25, -0.2) is 13.6 Å². The van der Waals surface area contributed by atoms with E-state index in [1.165, 1.54) is 0 Å². The topological polar surface area (TPSA) is 66.4 Å². The van der Waals surface area contributed by atoms with Crippen LogP contribution in [0.5, 0.6) is 0 Å². The number of rotatable bonds is 3. The van der Waals surface area contributed by atoms with Crippen LogP contribution in [-0.4, -0.2) is 22.5 Å². The highest BCUT2D eigenvalue weighted by atomic mass is 19.1. The van der Waals surface area contributed by atoms with Crippen molar-refractivity contribution < 1.29 is 23.5 Å². The van der Waals surface area contributed by atoms with Crippen molar-refractivity contribution in [1.82, 2.24) is 5.32 Å². The predicted molar refractivity (Wildman–Crippen MR) is 71.8 cm³/mol. The van der Waals surface area contributed by atoms with Gasteiger partial charge >= 0.3 is 5.97 Å². The Hall–Kier alpha value is -1.98. The van der Waals surface area contributed by atoms with Gasteiger partial charge in [-0.15, -0.1) is 0 Å². The first-order valence-electron chi connectivity index (χ1n) is 6.84. The summed E-state index contributed by atoms with van der Waals surface area (Å²) < 4.78 is 26.3. The predicted octanol–water partition coefficient (Wildman–Crippen LogP) is 2.73. The minimum Gasteiger partial charge on any atom is -0.480 e. The van der Waals surface area contributed by atoms with E-state index in [1.807, 2.05) is 6.92 Å². The molecule has 0 atom stereocenters. The molecule has 1 fully saturated rings. The lowest BCUT2D eigenvalue weighted by molar-refractivity contribution is -0.146. The maximum Gasteiger partial charge on any atom is 0.329 e. The van der Waals surface area contributed by atoms with Gasteiger partial charge < -0.3 is 10.4 Å². The summed E-state index contributed by atoms with van der Waals surface area (Å²) in [5, 5.41) is 11.9. The highest BCUT2D eigenvalue weighted by Crippen LogP contribution is 2.32. The summed E-state index contributed by atoms with van der Waals surface area (Å²) in [6.07, 6.45) is 1.99. The Morgan fingerprint density at radius 3 is 2.19 bits per heavy atom. The summed E-state index contributed by atoms with van der Waals surface area (Å²) in [5.74, 6) is -3.23. The molecule has 1 aromatic rings. The quantitative estimate of drug-likeness (QED) is 0.901. The van der Waals surface area contributed by atoms with Crippen LogP contribution < -0.4 is 5.32 Å². The van der Waals surface area contributed by atoms with Crippen molar-refractivity contribution >= 4 is 11.9 Å². The molecule has 6 heteroatoms. The van der Waals surface area contributed by atoms with Crippen molar-refractivity contribution in [3.8, 4) is 0 Å². The summed E-state index contributed by atoms with van der Waals surface area (Å²) in [6, 6.07) is 2.44. The van der Waals surface area contributed by atoms with Crippen LogP contribution in [0, 0.1) is 17.6 Å². The zero-order chi connectivity index (χ0) is 15.6. The van der Waals surface area contributed by atoms with Crippen LogP contribution in [0.4, 0.5) is 8.78 Å². The molecule has 1 aliphatic carbocycles. The lowest BCUT2D eigenvalue weighted by Gasteiger charge is -2.36. The smallest absolute Gasteiger partial charge is 0.329 e. The van der Waals surface area contributed by atoms with E-state index in [2.05, 4.69) is 5.32 Å². The molecule has 2 rings (SSSR count). The van der Waals surface area contributed by atoms with E-state index in [0.717, 1.165) is 12.1 Å². The number of benzene rings is 1. The van der Waals surface area contributed by atoms with Crippen molar-refractivity contribution in [3.63, 3.8) is 0 Å². The Balaban J connectivity index is 2.21. The van der Waals surface area contributed by atoms with E-state index < -0.39 is 29.0 Å². The first-order valence-corrected chi connectivity index (χ1v) is 6.84. The zero-order valence-electron chi connectivity index (χ0n) is 11.7. The molecule has 0 aliphatic heterocycles. The number of halogens is 2. The first kappa shape index (κ1) is 15.4. The minimum absolute atomic E-state index is 0.216. The monoisotopic (exact) mass is 297 g/mol. The normalized spacial score (nSPS) is 25.4. The number of aliphatic carboxylic acids is 1. The van der Waals surface area contributed by atoms with E-state index in [-0.39, 0.29) is 5.56 Å². The average molecular weight is 297 g/mol. The average Bonchev–Trinajstić information content (AvgIpc) is 2.40. The van der Waals surface area contributed by atoms with Crippen molar-refractivity contribution in [2.45, 2.75) is 38.1 Å². The van der Waals surface area contributed by atoms with E-state index >= 15 is 0 Å². The molecule has 0 unspecified atom stereocenters. The number of carbonyl (C=O) groups excluding carboxylic acids is 1. The maximum atomic E-state index is 13.1. The van der Waals surface area contributed by atoms with Gasteiger partial charge in [0.05, 0.1) is 0 Å². The van der Waals surface area contributed by atoms with Crippen molar-refractivity contribution in [2.75, 3.05) is 0 Å². The fourth-order valence-corrected chi connectivity index (χ4v) is 2.62. The van der Waals surface area contributed by atoms with Crippen LogP contribution in [0.3, 0.4) is 0 Å². The van der Waals surface area contributed by atoms with E-state index in [9.17, 15) is 23.5 Å². The molecule has 0 radical (unpaired) electrons. The van der Waals surface area contributed by atoms with Gasteiger partial charge in [-0.05, 0) is 43.7 Å². The lowest BCUT2D eigenvalue weighted by Crippen LogP contribution is -2.56. The van der Waals surface area contributed by atoms with E-state index in [1.54, 1.807) is 0 Å². The summed E-state index contributed by atoms with van der Waals surface area (Å²) in [4.78, 5) is 23.6. The summed E-state index contributed by atoms with van der Waals surface area (Å²) in [5.41, 5.74) is -1.57. The van der Waals surface area contributed by atoms with Crippen LogP contribution in [0.15, 0.2) is 18.2 Å². The number of carboxylic acids is 1. The molecule has 1 amide bonds. The molecule has 0 bridgehead atoms. The van der Waals surface area contributed by atoms with Gasteiger partial charge in [0.25, 0.3) is 5.91 Å². The highest BCUT2D eigenvalue weighted by Gasteiger charge is 2.42. The Morgan fingerprint density at radius 1 is 1.19 bits per heavy atom. The van der Waals surface area contributed by atoms with E-state index in [0.29, 0.717) is 37.7 Å². The molecule has 114 valence electrons. The summed E-state index contributed by atoms with van der Waals surface area (Å²) in [7, 11) is 0.